The van der Waals surface area contributed by atoms with Crippen LogP contribution in [0.5, 0.6) is 0 Å². The Morgan fingerprint density at radius 2 is 1.71 bits per heavy atom. The lowest BCUT2D eigenvalue weighted by Crippen LogP contribution is -2.49. The number of nitrogens with one attached hydrogen (secondary N) is 2. The summed E-state index contributed by atoms with van der Waals surface area (Å²) < 4.78 is 24.4. The molecule has 2 aromatic rings. The Kier molecular flexibility index (Phi) is 18.9. The number of aryl methyl sites for hydroxylation is 1. The normalized spacial score (nSPS) is 12.1. The maximum Gasteiger partial charge on any atom is 0.270 e. The van der Waals surface area contributed by atoms with Gasteiger partial charge in [0.25, 0.3) is 5.91 Å². The van der Waals surface area contributed by atoms with E-state index in [-0.39, 0.29) is 23.3 Å². The zero-order chi connectivity index (χ0) is 27.6. The number of thiazole rings is 1. The Hall–Kier alpha value is -2.96. The van der Waals surface area contributed by atoms with Gasteiger partial charge in [0.1, 0.15) is 29.7 Å². The number of aliphatic hydroxyl groups is 2. The molecular weight excluding hydrogens is 482 g/mol. The number of aldehydes is 1. The van der Waals surface area contributed by atoms with Gasteiger partial charge in [0.05, 0.1) is 12.1 Å². The van der Waals surface area contributed by atoms with E-state index in [2.05, 4.69) is 15.6 Å². The Labute approximate surface area is 208 Å². The van der Waals surface area contributed by atoms with Gasteiger partial charge >= 0.3 is 0 Å². The standard InChI is InChI=1S/C11H18N4O4S.C7H6F2.C3H6O.C2H6/c1-5(14-6(2)16)9(18)8(17)3-13-10(19)7-4-20-11(12)15-7;1-5-2-6(8)4-7(9)3-5;1-2-3-4;1-2/h4-5,8-9,17-18H,3H2,1-2H3,(H2,12,15)(H,13,19)(H,14,16);2-4H,1H3;3H,2H2,1H3;1-2H3. The molecule has 12 heteroatoms. The Balaban J connectivity index is 0. The molecule has 35 heavy (non-hydrogen) atoms. The number of aliphatic hydroxyl groups excluding tert-OH is 2. The molecule has 3 atom stereocenters. The maximum absolute atomic E-state index is 12.2. The Morgan fingerprint density at radius 3 is 2.09 bits per heavy atom. The number of nitrogen functional groups attached to an aromatic ring is 1. The fraction of sp³-hybridized carbons (Fsp3) is 0.478. The highest BCUT2D eigenvalue weighted by Gasteiger charge is 2.24. The predicted octanol–water partition coefficient (Wildman–Crippen LogP) is 2.60. The summed E-state index contributed by atoms with van der Waals surface area (Å²) in [5.74, 6) is -1.85. The zero-order valence-electron chi connectivity index (χ0n) is 20.8. The molecule has 0 aliphatic heterocycles. The minimum Gasteiger partial charge on any atom is -0.388 e. The molecule has 0 aliphatic carbocycles. The summed E-state index contributed by atoms with van der Waals surface area (Å²) in [5.41, 5.74) is 6.17. The zero-order valence-corrected chi connectivity index (χ0v) is 21.7. The fourth-order valence-corrected chi connectivity index (χ4v) is 2.77. The van der Waals surface area contributed by atoms with Crippen molar-refractivity contribution in [3.8, 4) is 0 Å². The van der Waals surface area contributed by atoms with E-state index in [1.54, 1.807) is 13.8 Å². The van der Waals surface area contributed by atoms with Crippen molar-refractivity contribution in [1.82, 2.24) is 15.6 Å². The molecule has 1 heterocycles. The number of rotatable bonds is 7. The molecule has 0 saturated carbocycles. The number of carbonyl (C=O) groups excluding carboxylic acids is 3. The van der Waals surface area contributed by atoms with Crippen molar-refractivity contribution >= 4 is 34.6 Å². The van der Waals surface area contributed by atoms with Crippen molar-refractivity contribution in [2.24, 2.45) is 0 Å². The van der Waals surface area contributed by atoms with E-state index in [0.29, 0.717) is 12.0 Å². The van der Waals surface area contributed by atoms with Crippen LogP contribution in [0.1, 0.15) is 57.1 Å². The van der Waals surface area contributed by atoms with Crippen molar-refractivity contribution in [3.63, 3.8) is 0 Å². The van der Waals surface area contributed by atoms with Crippen molar-refractivity contribution in [2.75, 3.05) is 12.3 Å². The fourth-order valence-electron chi connectivity index (χ4n) is 2.23. The molecular formula is C23H36F2N4O5S. The highest BCUT2D eigenvalue weighted by atomic mass is 32.1. The van der Waals surface area contributed by atoms with Gasteiger partial charge in [-0.3, -0.25) is 9.59 Å². The van der Waals surface area contributed by atoms with E-state index in [9.17, 15) is 33.4 Å². The van der Waals surface area contributed by atoms with E-state index in [1.807, 2.05) is 20.8 Å². The van der Waals surface area contributed by atoms with Gasteiger partial charge in [0.2, 0.25) is 5.91 Å². The van der Waals surface area contributed by atoms with E-state index < -0.39 is 35.8 Å². The molecule has 1 aromatic carbocycles. The topological polar surface area (TPSA) is 155 Å². The van der Waals surface area contributed by atoms with Gasteiger partial charge in [-0.15, -0.1) is 11.3 Å². The SMILES string of the molecule is CC.CC(=O)NC(C)C(O)C(O)CNC(=O)c1csc(N)n1.CCC=O.Cc1cc(F)cc(F)c1. The van der Waals surface area contributed by atoms with Crippen LogP contribution >= 0.6 is 11.3 Å². The van der Waals surface area contributed by atoms with Crippen LogP contribution in [0.2, 0.25) is 0 Å². The van der Waals surface area contributed by atoms with Crippen LogP contribution in [-0.2, 0) is 9.59 Å². The molecule has 0 spiro atoms. The first-order valence-corrected chi connectivity index (χ1v) is 11.8. The average Bonchev–Trinajstić information content (AvgIpc) is 3.23. The molecule has 9 nitrogen and oxygen atoms in total. The first-order chi connectivity index (χ1) is 16.4. The summed E-state index contributed by atoms with van der Waals surface area (Å²) in [4.78, 5) is 35.5. The summed E-state index contributed by atoms with van der Waals surface area (Å²) in [6.45, 7) is 10.2. The maximum atomic E-state index is 12.2. The summed E-state index contributed by atoms with van der Waals surface area (Å²) >= 11 is 1.13. The summed E-state index contributed by atoms with van der Waals surface area (Å²) in [6.07, 6.45) is -0.892. The van der Waals surface area contributed by atoms with Gasteiger partial charge in [-0.2, -0.15) is 0 Å². The smallest absolute Gasteiger partial charge is 0.270 e. The molecule has 198 valence electrons. The monoisotopic (exact) mass is 518 g/mol. The molecule has 2 rings (SSSR count). The van der Waals surface area contributed by atoms with Gasteiger partial charge in [0, 0.05) is 31.3 Å². The summed E-state index contributed by atoms with van der Waals surface area (Å²) in [5, 5.41) is 26.2. The second-order valence-electron chi connectivity index (χ2n) is 6.85. The number of anilines is 1. The second kappa shape index (κ2) is 19.4. The number of nitrogens with two attached hydrogens (primary N) is 1. The van der Waals surface area contributed by atoms with Gasteiger partial charge < -0.3 is 31.4 Å². The van der Waals surface area contributed by atoms with Gasteiger partial charge in [0.15, 0.2) is 5.13 Å². The second-order valence-corrected chi connectivity index (χ2v) is 7.74. The number of hydrogen-bond acceptors (Lipinski definition) is 8. The molecule has 6 N–H and O–H groups in total. The van der Waals surface area contributed by atoms with E-state index in [4.69, 9.17) is 5.73 Å². The number of carbonyl (C=O) groups is 3. The predicted molar refractivity (Wildman–Crippen MR) is 133 cm³/mol. The van der Waals surface area contributed by atoms with Crippen molar-refractivity contribution in [2.45, 2.75) is 66.2 Å². The lowest BCUT2D eigenvalue weighted by molar-refractivity contribution is -0.121. The highest BCUT2D eigenvalue weighted by Crippen LogP contribution is 2.10. The van der Waals surface area contributed by atoms with Crippen LogP contribution in [0.4, 0.5) is 13.9 Å². The first kappa shape index (κ1) is 34.2. The van der Waals surface area contributed by atoms with Crippen LogP contribution in [0, 0.1) is 18.6 Å². The third-order valence-corrected chi connectivity index (χ3v) is 4.41. The molecule has 0 aliphatic rings. The molecule has 0 radical (unpaired) electrons. The van der Waals surface area contributed by atoms with E-state index in [0.717, 1.165) is 23.7 Å². The number of benzene rings is 1. The number of nitrogens with zero attached hydrogens (tertiary/aromatic N) is 1. The van der Waals surface area contributed by atoms with Crippen molar-refractivity contribution in [1.29, 1.82) is 0 Å². The lowest BCUT2D eigenvalue weighted by Gasteiger charge is -2.24. The van der Waals surface area contributed by atoms with Crippen LogP contribution in [-0.4, -0.2) is 58.1 Å². The molecule has 3 unspecified atom stereocenters. The molecule has 2 amide bonds. The van der Waals surface area contributed by atoms with Gasteiger partial charge in [-0.1, -0.05) is 20.8 Å². The van der Waals surface area contributed by atoms with Crippen LogP contribution in [0.25, 0.3) is 0 Å². The molecule has 0 saturated heterocycles. The van der Waals surface area contributed by atoms with Crippen molar-refractivity contribution in [3.05, 3.63) is 46.5 Å². The van der Waals surface area contributed by atoms with Crippen LogP contribution in [0.3, 0.4) is 0 Å². The number of hydrogen-bond donors (Lipinski definition) is 5. The quantitative estimate of drug-likeness (QED) is 0.353. The molecule has 1 aromatic heterocycles. The number of halogens is 2. The first-order valence-electron chi connectivity index (χ1n) is 10.9. The average molecular weight is 519 g/mol. The van der Waals surface area contributed by atoms with Crippen LogP contribution < -0.4 is 16.4 Å². The minimum absolute atomic E-state index is 0.157. The third-order valence-electron chi connectivity index (χ3n) is 3.74. The van der Waals surface area contributed by atoms with Crippen LogP contribution in [0.15, 0.2) is 23.6 Å². The van der Waals surface area contributed by atoms with E-state index >= 15 is 0 Å². The molecule has 0 fully saturated rings. The third kappa shape index (κ3) is 16.3. The lowest BCUT2D eigenvalue weighted by atomic mass is 10.1. The highest BCUT2D eigenvalue weighted by molar-refractivity contribution is 7.13. The largest absolute Gasteiger partial charge is 0.388 e. The van der Waals surface area contributed by atoms with Crippen molar-refractivity contribution < 1.29 is 33.4 Å². The summed E-state index contributed by atoms with van der Waals surface area (Å²) in [6, 6.07) is 2.79. The minimum atomic E-state index is -1.21. The van der Waals surface area contributed by atoms with E-state index in [1.165, 1.54) is 24.4 Å². The Morgan fingerprint density at radius 1 is 1.20 bits per heavy atom. The number of amides is 2. The number of aromatic nitrogens is 1. The van der Waals surface area contributed by atoms with Gasteiger partial charge in [-0.05, 0) is 31.5 Å². The Bertz CT molecular complexity index is 848. The summed E-state index contributed by atoms with van der Waals surface area (Å²) in [7, 11) is 0. The molecule has 0 bridgehead atoms. The van der Waals surface area contributed by atoms with Gasteiger partial charge in [-0.25, -0.2) is 13.8 Å².